The number of halogens is 1. The van der Waals surface area contributed by atoms with E-state index in [2.05, 4.69) is 52.8 Å². The van der Waals surface area contributed by atoms with Crippen molar-refractivity contribution in [2.45, 2.75) is 44.3 Å². The summed E-state index contributed by atoms with van der Waals surface area (Å²) < 4.78 is 0. The summed E-state index contributed by atoms with van der Waals surface area (Å²) in [5, 5.41) is 5.62. The quantitative estimate of drug-likeness (QED) is 0.827. The van der Waals surface area contributed by atoms with Crippen molar-refractivity contribution < 1.29 is 0 Å². The van der Waals surface area contributed by atoms with Crippen LogP contribution in [0.1, 0.15) is 43.2 Å². The maximum absolute atomic E-state index is 6.11. The van der Waals surface area contributed by atoms with Crippen molar-refractivity contribution in [3.8, 4) is 0 Å². The second-order valence-electron chi connectivity index (χ2n) is 7.97. The van der Waals surface area contributed by atoms with Crippen molar-refractivity contribution >= 4 is 17.4 Å². The second kappa shape index (κ2) is 6.31. The Morgan fingerprint density at radius 3 is 2.38 bits per heavy atom. The van der Waals surface area contributed by atoms with Crippen molar-refractivity contribution in [2.24, 2.45) is 16.9 Å². The van der Waals surface area contributed by atoms with Crippen LogP contribution in [0.25, 0.3) is 0 Å². The number of rotatable bonds is 3. The van der Waals surface area contributed by atoms with Crippen LogP contribution in [-0.2, 0) is 6.54 Å². The van der Waals surface area contributed by atoms with Crippen LogP contribution >= 0.6 is 11.6 Å². The highest BCUT2D eigenvalue weighted by Gasteiger charge is 2.54. The molecule has 1 spiro atoms. The average molecular weight is 366 g/mol. The first-order valence-electron chi connectivity index (χ1n) is 9.67. The van der Waals surface area contributed by atoms with E-state index in [0.29, 0.717) is 5.92 Å². The molecule has 1 aliphatic heterocycles. The molecule has 26 heavy (non-hydrogen) atoms. The number of hydrazone groups is 1. The van der Waals surface area contributed by atoms with Crippen LogP contribution in [0.15, 0.2) is 59.7 Å². The molecule has 0 radical (unpaired) electrons. The third kappa shape index (κ3) is 2.61. The van der Waals surface area contributed by atoms with E-state index in [-0.39, 0.29) is 5.66 Å². The minimum absolute atomic E-state index is 0.0218. The van der Waals surface area contributed by atoms with Gasteiger partial charge in [-0.15, -0.1) is 0 Å². The molecule has 2 aromatic carbocycles. The minimum Gasteiger partial charge on any atom is -0.326 e. The molecule has 2 aromatic rings. The number of benzene rings is 2. The lowest BCUT2D eigenvalue weighted by Gasteiger charge is -2.54. The highest BCUT2D eigenvalue weighted by Crippen LogP contribution is 2.51. The third-order valence-corrected chi connectivity index (χ3v) is 6.75. The zero-order chi connectivity index (χ0) is 17.6. The molecule has 3 aliphatic carbocycles. The molecule has 1 atom stereocenters. The fourth-order valence-electron chi connectivity index (χ4n) is 5.18. The first kappa shape index (κ1) is 16.2. The van der Waals surface area contributed by atoms with Crippen LogP contribution in [0.4, 0.5) is 0 Å². The fraction of sp³-hybridized carbons (Fsp3) is 0.409. The molecule has 3 nitrogen and oxygen atoms in total. The van der Waals surface area contributed by atoms with Crippen molar-refractivity contribution in [1.29, 1.82) is 0 Å². The van der Waals surface area contributed by atoms with Crippen molar-refractivity contribution in [2.75, 3.05) is 0 Å². The lowest BCUT2D eigenvalue weighted by molar-refractivity contribution is -0.0331. The SMILES string of the molecule is Clc1ccc(C2=NN[C@]3(CC4CCC3CC4)N2Cc2ccccc2)cc1. The summed E-state index contributed by atoms with van der Waals surface area (Å²) in [6, 6.07) is 18.8. The molecule has 2 bridgehead atoms. The largest absolute Gasteiger partial charge is 0.326 e. The van der Waals surface area contributed by atoms with Gasteiger partial charge in [-0.25, -0.2) is 0 Å². The summed E-state index contributed by atoms with van der Waals surface area (Å²) in [5.41, 5.74) is 6.06. The number of nitrogens with zero attached hydrogens (tertiary/aromatic N) is 2. The Hall–Kier alpha value is -2.00. The summed E-state index contributed by atoms with van der Waals surface area (Å²) in [6.45, 7) is 0.887. The van der Waals surface area contributed by atoms with E-state index in [0.717, 1.165) is 28.9 Å². The van der Waals surface area contributed by atoms with Gasteiger partial charge >= 0.3 is 0 Å². The molecular formula is C22H24ClN3. The Balaban J connectivity index is 1.53. The van der Waals surface area contributed by atoms with Crippen LogP contribution in [0.5, 0.6) is 0 Å². The molecule has 0 amide bonds. The number of nitrogens with one attached hydrogen (secondary N) is 1. The van der Waals surface area contributed by atoms with Gasteiger partial charge in [0, 0.05) is 23.0 Å². The van der Waals surface area contributed by atoms with E-state index in [1.807, 2.05) is 12.1 Å². The maximum Gasteiger partial charge on any atom is 0.158 e. The average Bonchev–Trinajstić information content (AvgIpc) is 3.02. The number of amidine groups is 1. The van der Waals surface area contributed by atoms with E-state index in [1.165, 1.54) is 37.7 Å². The molecule has 3 fully saturated rings. The summed E-state index contributed by atoms with van der Waals surface area (Å²) in [6.07, 6.45) is 6.58. The van der Waals surface area contributed by atoms with E-state index in [9.17, 15) is 0 Å². The zero-order valence-corrected chi connectivity index (χ0v) is 15.6. The summed E-state index contributed by atoms with van der Waals surface area (Å²) in [5.74, 6) is 2.55. The summed E-state index contributed by atoms with van der Waals surface area (Å²) in [7, 11) is 0. The Labute approximate surface area is 160 Å². The van der Waals surface area contributed by atoms with Gasteiger partial charge in [0.2, 0.25) is 0 Å². The monoisotopic (exact) mass is 365 g/mol. The van der Waals surface area contributed by atoms with E-state index >= 15 is 0 Å². The van der Waals surface area contributed by atoms with Crippen LogP contribution < -0.4 is 5.43 Å². The molecule has 4 aliphatic rings. The van der Waals surface area contributed by atoms with E-state index in [4.69, 9.17) is 16.7 Å². The maximum atomic E-state index is 6.11. The van der Waals surface area contributed by atoms with E-state index in [1.54, 1.807) is 0 Å². The fourth-order valence-corrected chi connectivity index (χ4v) is 5.31. The molecule has 0 saturated heterocycles. The molecule has 1 heterocycles. The standard InChI is InChI=1S/C22H24ClN3/c23-20-12-8-18(9-13-20)21-24-25-22(14-16-6-10-19(22)11-7-16)26(21)15-17-4-2-1-3-5-17/h1-5,8-9,12-13,16,19,25H,6-7,10-11,14-15H2/t16?,19?,22-/m1/s1. The molecule has 0 aromatic heterocycles. The van der Waals surface area contributed by atoms with Crippen LogP contribution in [0.2, 0.25) is 5.02 Å². The molecule has 0 unspecified atom stereocenters. The Kier molecular flexibility index (Phi) is 3.93. The zero-order valence-electron chi connectivity index (χ0n) is 14.9. The van der Waals surface area contributed by atoms with Gasteiger partial charge in [-0.3, -0.25) is 5.43 Å². The first-order chi connectivity index (χ1) is 12.7. The lowest BCUT2D eigenvalue weighted by atomic mass is 9.63. The number of hydrogen-bond acceptors (Lipinski definition) is 3. The van der Waals surface area contributed by atoms with Crippen LogP contribution in [-0.4, -0.2) is 16.4 Å². The van der Waals surface area contributed by atoms with E-state index < -0.39 is 0 Å². The van der Waals surface area contributed by atoms with Gasteiger partial charge < -0.3 is 4.90 Å². The van der Waals surface area contributed by atoms with Crippen molar-refractivity contribution in [1.82, 2.24) is 10.3 Å². The predicted octanol–water partition coefficient (Wildman–Crippen LogP) is 5.01. The molecule has 134 valence electrons. The second-order valence-corrected chi connectivity index (χ2v) is 8.41. The summed E-state index contributed by atoms with van der Waals surface area (Å²) in [4.78, 5) is 2.54. The van der Waals surface area contributed by atoms with Gasteiger partial charge in [-0.05, 0) is 67.9 Å². The van der Waals surface area contributed by atoms with Crippen molar-refractivity contribution in [3.05, 3.63) is 70.7 Å². The molecule has 1 N–H and O–H groups in total. The minimum atomic E-state index is -0.0218. The highest BCUT2D eigenvalue weighted by molar-refractivity contribution is 6.30. The van der Waals surface area contributed by atoms with Crippen LogP contribution in [0.3, 0.4) is 0 Å². The molecule has 4 heteroatoms. The normalized spacial score (nSPS) is 29.7. The van der Waals surface area contributed by atoms with Crippen LogP contribution in [0, 0.1) is 11.8 Å². The van der Waals surface area contributed by atoms with Gasteiger partial charge in [0.05, 0.1) is 0 Å². The summed E-state index contributed by atoms with van der Waals surface area (Å²) >= 11 is 6.11. The first-order valence-corrected chi connectivity index (χ1v) is 10.0. The number of fused-ring (bicyclic) bond motifs is 2. The highest BCUT2D eigenvalue weighted by atomic mass is 35.5. The Bertz CT molecular complexity index is 809. The predicted molar refractivity (Wildman–Crippen MR) is 106 cm³/mol. The lowest BCUT2D eigenvalue weighted by Crippen LogP contribution is -2.63. The van der Waals surface area contributed by atoms with Gasteiger partial charge in [-0.2, -0.15) is 5.10 Å². The topological polar surface area (TPSA) is 27.6 Å². The number of hydrogen-bond donors (Lipinski definition) is 1. The van der Waals surface area contributed by atoms with Crippen molar-refractivity contribution in [3.63, 3.8) is 0 Å². The third-order valence-electron chi connectivity index (χ3n) is 6.50. The molecule has 3 saturated carbocycles. The van der Waals surface area contributed by atoms with Gasteiger partial charge in [0.1, 0.15) is 5.66 Å². The Morgan fingerprint density at radius 1 is 1.00 bits per heavy atom. The molecular weight excluding hydrogens is 342 g/mol. The Morgan fingerprint density at radius 2 is 1.73 bits per heavy atom. The smallest absolute Gasteiger partial charge is 0.158 e. The van der Waals surface area contributed by atoms with Gasteiger partial charge in [0.15, 0.2) is 5.84 Å². The molecule has 6 rings (SSSR count). The van der Waals surface area contributed by atoms with Gasteiger partial charge in [0.25, 0.3) is 0 Å². The van der Waals surface area contributed by atoms with Gasteiger partial charge in [-0.1, -0.05) is 41.9 Å².